The Kier molecular flexibility index (Phi) is 9.03. The standard InChI is InChI=1S/C30H37N5O6/c1-33-26-19-22(9-10-24(26)35(30(33)39)25-11-12-27(36)32-28(25)37)34-16-13-23(14-17-34)40-18-6-5-15-31-29(38)41-20-21-7-3-2-4-8-21/h2-4,7-10,19,23,25H,5-6,11-18,20H2,1H3,(H,31,38)(H,32,36,37). The van der Waals surface area contributed by atoms with Crippen LogP contribution in [0.25, 0.3) is 11.0 Å². The lowest BCUT2D eigenvalue weighted by molar-refractivity contribution is -0.135. The van der Waals surface area contributed by atoms with Crippen LogP contribution in [0.2, 0.25) is 0 Å². The molecule has 1 unspecified atom stereocenters. The monoisotopic (exact) mass is 563 g/mol. The molecule has 2 aromatic carbocycles. The van der Waals surface area contributed by atoms with E-state index in [9.17, 15) is 19.2 Å². The molecule has 11 heteroatoms. The number of unbranched alkanes of at least 4 members (excludes halogenated alkanes) is 1. The number of carbonyl (C=O) groups is 3. The predicted molar refractivity (Wildman–Crippen MR) is 154 cm³/mol. The number of anilines is 1. The van der Waals surface area contributed by atoms with Crippen LogP contribution in [0.4, 0.5) is 10.5 Å². The van der Waals surface area contributed by atoms with Crippen molar-refractivity contribution in [1.82, 2.24) is 19.8 Å². The van der Waals surface area contributed by atoms with E-state index < -0.39 is 18.0 Å². The number of carbonyl (C=O) groups excluding carboxylic acids is 3. The van der Waals surface area contributed by atoms with Gasteiger partial charge in [0.1, 0.15) is 12.6 Å². The SMILES string of the molecule is Cn1c(=O)n(C2CCC(=O)NC2=O)c2ccc(N3CCC(OCCCCNC(=O)OCc4ccccc4)CC3)cc21. The number of nitrogens with zero attached hydrogens (tertiary/aromatic N) is 3. The Morgan fingerprint density at radius 2 is 1.78 bits per heavy atom. The van der Waals surface area contributed by atoms with Crippen molar-refractivity contribution in [2.75, 3.05) is 31.1 Å². The van der Waals surface area contributed by atoms with Crippen LogP contribution >= 0.6 is 0 Å². The molecule has 5 rings (SSSR count). The number of ether oxygens (including phenoxy) is 2. The summed E-state index contributed by atoms with van der Waals surface area (Å²) < 4.78 is 14.4. The molecule has 0 radical (unpaired) electrons. The lowest BCUT2D eigenvalue weighted by Crippen LogP contribution is -2.44. The van der Waals surface area contributed by atoms with Crippen molar-refractivity contribution < 1.29 is 23.9 Å². The third-order valence-electron chi connectivity index (χ3n) is 7.81. The zero-order valence-electron chi connectivity index (χ0n) is 23.3. The summed E-state index contributed by atoms with van der Waals surface area (Å²) in [5.41, 5.74) is 3.16. The molecule has 2 saturated heterocycles. The number of hydrogen-bond acceptors (Lipinski definition) is 7. The number of imidazole rings is 1. The number of fused-ring (bicyclic) bond motifs is 1. The molecule has 1 atom stereocenters. The third kappa shape index (κ3) is 6.79. The maximum atomic E-state index is 13.0. The van der Waals surface area contributed by atoms with Gasteiger partial charge in [-0.1, -0.05) is 30.3 Å². The molecular formula is C30H37N5O6. The van der Waals surface area contributed by atoms with Crippen molar-refractivity contribution in [2.24, 2.45) is 7.05 Å². The van der Waals surface area contributed by atoms with Crippen molar-refractivity contribution in [3.63, 3.8) is 0 Å². The van der Waals surface area contributed by atoms with Gasteiger partial charge >= 0.3 is 11.8 Å². The topological polar surface area (TPSA) is 124 Å². The quantitative estimate of drug-likeness (QED) is 0.287. The molecule has 11 nitrogen and oxygen atoms in total. The average molecular weight is 564 g/mol. The van der Waals surface area contributed by atoms with Crippen LogP contribution in [0.3, 0.4) is 0 Å². The van der Waals surface area contributed by atoms with E-state index in [0.29, 0.717) is 25.1 Å². The van der Waals surface area contributed by atoms with Crippen LogP contribution in [0.5, 0.6) is 0 Å². The van der Waals surface area contributed by atoms with Gasteiger partial charge < -0.3 is 19.7 Å². The van der Waals surface area contributed by atoms with Crippen LogP contribution in [0.15, 0.2) is 53.3 Å². The highest BCUT2D eigenvalue weighted by Gasteiger charge is 2.31. The Balaban J connectivity index is 1.04. The molecule has 2 aliphatic rings. The second kappa shape index (κ2) is 13.0. The van der Waals surface area contributed by atoms with Gasteiger partial charge in [-0.05, 0) is 55.9 Å². The minimum atomic E-state index is -0.688. The summed E-state index contributed by atoms with van der Waals surface area (Å²) in [7, 11) is 1.71. The fourth-order valence-electron chi connectivity index (χ4n) is 5.50. The van der Waals surface area contributed by atoms with E-state index in [1.165, 1.54) is 4.57 Å². The molecule has 0 spiro atoms. The number of aryl methyl sites for hydroxylation is 1. The molecule has 218 valence electrons. The first kappa shape index (κ1) is 28.4. The Morgan fingerprint density at radius 3 is 2.54 bits per heavy atom. The molecule has 2 N–H and O–H groups in total. The minimum absolute atomic E-state index is 0.191. The summed E-state index contributed by atoms with van der Waals surface area (Å²) in [5, 5.41) is 5.13. The van der Waals surface area contributed by atoms with Crippen LogP contribution in [0, 0.1) is 0 Å². The normalized spacial score (nSPS) is 18.0. The highest BCUT2D eigenvalue weighted by molar-refractivity contribution is 6.00. The first-order valence-corrected chi connectivity index (χ1v) is 14.3. The molecule has 0 bridgehead atoms. The molecule has 41 heavy (non-hydrogen) atoms. The fourth-order valence-corrected chi connectivity index (χ4v) is 5.50. The molecule has 2 aliphatic heterocycles. The van der Waals surface area contributed by atoms with Gasteiger partial charge in [-0.15, -0.1) is 0 Å². The second-order valence-corrected chi connectivity index (χ2v) is 10.6. The maximum Gasteiger partial charge on any atom is 0.407 e. The number of nitrogens with one attached hydrogen (secondary N) is 2. The number of piperidine rings is 2. The summed E-state index contributed by atoms with van der Waals surface area (Å²) in [6.45, 7) is 3.13. The molecular weight excluding hydrogens is 526 g/mol. The lowest BCUT2D eigenvalue weighted by atomic mass is 10.1. The van der Waals surface area contributed by atoms with Gasteiger partial charge in [-0.3, -0.25) is 24.0 Å². The highest BCUT2D eigenvalue weighted by atomic mass is 16.5. The first-order chi connectivity index (χ1) is 19.9. The predicted octanol–water partition coefficient (Wildman–Crippen LogP) is 3.01. The van der Waals surface area contributed by atoms with Crippen molar-refractivity contribution in [2.45, 2.75) is 57.3 Å². The Morgan fingerprint density at radius 1 is 1.00 bits per heavy atom. The number of rotatable bonds is 10. The molecule has 2 fully saturated rings. The van der Waals surface area contributed by atoms with E-state index >= 15 is 0 Å². The van der Waals surface area contributed by atoms with Crippen molar-refractivity contribution in [3.8, 4) is 0 Å². The van der Waals surface area contributed by atoms with E-state index in [2.05, 4.69) is 15.5 Å². The number of hydrogen-bond donors (Lipinski definition) is 2. The second-order valence-electron chi connectivity index (χ2n) is 10.6. The molecule has 0 saturated carbocycles. The summed E-state index contributed by atoms with van der Waals surface area (Å²) >= 11 is 0. The zero-order chi connectivity index (χ0) is 28.8. The summed E-state index contributed by atoms with van der Waals surface area (Å²) in [6, 6.07) is 14.8. The molecule has 3 amide bonds. The first-order valence-electron chi connectivity index (χ1n) is 14.3. The smallest absolute Gasteiger partial charge is 0.407 e. The van der Waals surface area contributed by atoms with E-state index in [1.54, 1.807) is 11.6 Å². The van der Waals surface area contributed by atoms with Crippen molar-refractivity contribution >= 4 is 34.6 Å². The average Bonchev–Trinajstić information content (AvgIpc) is 3.23. The Hall–Kier alpha value is -4.12. The van der Waals surface area contributed by atoms with Crippen LogP contribution in [-0.2, 0) is 32.7 Å². The van der Waals surface area contributed by atoms with Crippen LogP contribution < -0.4 is 21.2 Å². The van der Waals surface area contributed by atoms with Gasteiger partial charge in [0.25, 0.3) is 0 Å². The van der Waals surface area contributed by atoms with Gasteiger partial charge in [-0.2, -0.15) is 0 Å². The highest BCUT2D eigenvalue weighted by Crippen LogP contribution is 2.28. The number of imide groups is 1. The van der Waals surface area contributed by atoms with E-state index in [-0.39, 0.29) is 30.7 Å². The lowest BCUT2D eigenvalue weighted by Gasteiger charge is -2.33. The minimum Gasteiger partial charge on any atom is -0.445 e. The van der Waals surface area contributed by atoms with Gasteiger partial charge in [0.05, 0.1) is 17.1 Å². The number of benzene rings is 2. The number of amides is 3. The van der Waals surface area contributed by atoms with E-state index in [4.69, 9.17) is 9.47 Å². The maximum absolute atomic E-state index is 13.0. The largest absolute Gasteiger partial charge is 0.445 e. The summed E-state index contributed by atoms with van der Waals surface area (Å²) in [5.74, 6) is -0.734. The number of aromatic nitrogens is 2. The number of alkyl carbamates (subject to hydrolysis) is 1. The van der Waals surface area contributed by atoms with Gasteiger partial charge in [0, 0.05) is 45.4 Å². The van der Waals surface area contributed by atoms with Gasteiger partial charge in [0.15, 0.2) is 0 Å². The van der Waals surface area contributed by atoms with Crippen molar-refractivity contribution in [3.05, 3.63) is 64.6 Å². The molecule has 3 aromatic rings. The Bertz CT molecular complexity index is 1440. The van der Waals surface area contributed by atoms with Gasteiger partial charge in [-0.25, -0.2) is 9.59 Å². The summed E-state index contributed by atoms with van der Waals surface area (Å²) in [4.78, 5) is 51.2. The molecule has 3 heterocycles. The zero-order valence-corrected chi connectivity index (χ0v) is 23.3. The fraction of sp³-hybridized carbons (Fsp3) is 0.467. The molecule has 0 aliphatic carbocycles. The van der Waals surface area contributed by atoms with Gasteiger partial charge in [0.2, 0.25) is 11.8 Å². The van der Waals surface area contributed by atoms with Crippen molar-refractivity contribution in [1.29, 1.82) is 0 Å². The summed E-state index contributed by atoms with van der Waals surface area (Å²) in [6.07, 6.45) is 3.79. The Labute approximate surface area is 238 Å². The third-order valence-corrected chi connectivity index (χ3v) is 7.81. The van der Waals surface area contributed by atoms with E-state index in [1.807, 2.05) is 48.5 Å². The van der Waals surface area contributed by atoms with Crippen LogP contribution in [0.1, 0.15) is 50.1 Å². The van der Waals surface area contributed by atoms with E-state index in [0.717, 1.165) is 55.5 Å². The van der Waals surface area contributed by atoms with Crippen LogP contribution in [-0.4, -0.2) is 59.4 Å². The molecule has 1 aromatic heterocycles.